The molecular weight excluding hydrogens is 326 g/mol. The molecule has 1 saturated heterocycles. The number of rotatable bonds is 3. The Kier molecular flexibility index (Phi) is 4.50. The molecule has 0 radical (unpaired) electrons. The second kappa shape index (κ2) is 7.09. The van der Waals surface area contributed by atoms with Gasteiger partial charge in [-0.2, -0.15) is 0 Å². The summed E-state index contributed by atoms with van der Waals surface area (Å²) in [6.45, 7) is 4.19. The van der Waals surface area contributed by atoms with E-state index in [2.05, 4.69) is 44.3 Å². The van der Waals surface area contributed by atoms with E-state index in [1.54, 1.807) is 18.5 Å². The largest absolute Gasteiger partial charge is 0.369 e. The molecule has 4 rings (SSSR count). The van der Waals surface area contributed by atoms with Crippen molar-refractivity contribution in [1.29, 1.82) is 0 Å². The van der Waals surface area contributed by atoms with Crippen LogP contribution in [0.1, 0.15) is 10.4 Å². The number of aromatic nitrogens is 2. The molecule has 0 atom stereocenters. The minimum absolute atomic E-state index is 0.177. The highest BCUT2D eigenvalue weighted by molar-refractivity contribution is 6.11. The molecule has 26 heavy (non-hydrogen) atoms. The normalized spacial score (nSPS) is 15.2. The van der Waals surface area contributed by atoms with E-state index in [1.165, 1.54) is 5.69 Å². The van der Waals surface area contributed by atoms with Gasteiger partial charge in [0, 0.05) is 49.9 Å². The van der Waals surface area contributed by atoms with Crippen molar-refractivity contribution in [2.75, 3.05) is 43.4 Å². The number of hydrogen-bond donors (Lipinski definition) is 1. The SMILES string of the molecule is CN1CCN(c2ccc(NC(=O)c3cccc4nccnc34)cc2)CC1. The summed E-state index contributed by atoms with van der Waals surface area (Å²) in [5, 5.41) is 2.95. The quantitative estimate of drug-likeness (QED) is 0.789. The van der Waals surface area contributed by atoms with Crippen LogP contribution in [-0.2, 0) is 0 Å². The van der Waals surface area contributed by atoms with Crippen LogP contribution in [-0.4, -0.2) is 54.0 Å². The smallest absolute Gasteiger partial charge is 0.257 e. The number of piperazine rings is 1. The molecule has 0 aliphatic carbocycles. The molecule has 1 aromatic heterocycles. The van der Waals surface area contributed by atoms with Crippen molar-refractivity contribution < 1.29 is 4.79 Å². The number of nitrogens with one attached hydrogen (secondary N) is 1. The Balaban J connectivity index is 1.49. The van der Waals surface area contributed by atoms with Gasteiger partial charge in [0.25, 0.3) is 5.91 Å². The fraction of sp³-hybridized carbons (Fsp3) is 0.250. The van der Waals surface area contributed by atoms with E-state index in [0.717, 1.165) is 31.9 Å². The van der Waals surface area contributed by atoms with Gasteiger partial charge in [0.15, 0.2) is 0 Å². The van der Waals surface area contributed by atoms with Crippen LogP contribution in [0, 0.1) is 0 Å². The molecule has 0 saturated carbocycles. The van der Waals surface area contributed by atoms with Crippen molar-refractivity contribution in [2.24, 2.45) is 0 Å². The van der Waals surface area contributed by atoms with E-state index in [4.69, 9.17) is 0 Å². The van der Waals surface area contributed by atoms with E-state index in [1.807, 2.05) is 24.3 Å². The number of nitrogens with zero attached hydrogens (tertiary/aromatic N) is 4. The third-order valence-electron chi connectivity index (χ3n) is 4.74. The van der Waals surface area contributed by atoms with E-state index < -0.39 is 0 Å². The fourth-order valence-electron chi connectivity index (χ4n) is 3.19. The molecule has 132 valence electrons. The first-order valence-corrected chi connectivity index (χ1v) is 8.75. The van der Waals surface area contributed by atoms with Gasteiger partial charge >= 0.3 is 0 Å². The zero-order valence-corrected chi connectivity index (χ0v) is 14.7. The van der Waals surface area contributed by atoms with E-state index >= 15 is 0 Å². The van der Waals surface area contributed by atoms with Gasteiger partial charge in [-0.15, -0.1) is 0 Å². The van der Waals surface area contributed by atoms with Crippen LogP contribution in [0.5, 0.6) is 0 Å². The third-order valence-corrected chi connectivity index (χ3v) is 4.74. The van der Waals surface area contributed by atoms with Crippen LogP contribution in [0.2, 0.25) is 0 Å². The number of para-hydroxylation sites is 1. The summed E-state index contributed by atoms with van der Waals surface area (Å²) in [6.07, 6.45) is 3.23. The van der Waals surface area contributed by atoms with Crippen molar-refractivity contribution in [1.82, 2.24) is 14.9 Å². The van der Waals surface area contributed by atoms with Gasteiger partial charge in [0.05, 0.1) is 11.1 Å². The van der Waals surface area contributed by atoms with Gasteiger partial charge in [0.2, 0.25) is 0 Å². The molecule has 2 heterocycles. The number of carbonyl (C=O) groups excluding carboxylic acids is 1. The number of carbonyl (C=O) groups is 1. The maximum absolute atomic E-state index is 12.7. The van der Waals surface area contributed by atoms with Crippen molar-refractivity contribution in [3.63, 3.8) is 0 Å². The Morgan fingerprint density at radius 2 is 1.69 bits per heavy atom. The lowest BCUT2D eigenvalue weighted by Gasteiger charge is -2.34. The lowest BCUT2D eigenvalue weighted by atomic mass is 10.1. The summed E-state index contributed by atoms with van der Waals surface area (Å²) in [6, 6.07) is 13.5. The maximum Gasteiger partial charge on any atom is 0.257 e. The van der Waals surface area contributed by atoms with Crippen LogP contribution in [0.3, 0.4) is 0 Å². The van der Waals surface area contributed by atoms with Crippen LogP contribution in [0.25, 0.3) is 11.0 Å². The molecular formula is C20H21N5O. The van der Waals surface area contributed by atoms with Gasteiger partial charge in [-0.25, -0.2) is 0 Å². The van der Waals surface area contributed by atoms with Gasteiger partial charge < -0.3 is 15.1 Å². The molecule has 2 aromatic carbocycles. The lowest BCUT2D eigenvalue weighted by Crippen LogP contribution is -2.44. The predicted molar refractivity (Wildman–Crippen MR) is 104 cm³/mol. The van der Waals surface area contributed by atoms with Gasteiger partial charge in [0.1, 0.15) is 5.52 Å². The number of hydrogen-bond acceptors (Lipinski definition) is 5. The van der Waals surface area contributed by atoms with E-state index in [9.17, 15) is 4.79 Å². The van der Waals surface area contributed by atoms with Crippen molar-refractivity contribution in [3.8, 4) is 0 Å². The molecule has 1 amide bonds. The standard InChI is InChI=1S/C20H21N5O/c1-24-11-13-25(14-12-24)16-7-5-15(6-8-16)23-20(26)17-3-2-4-18-19(17)22-10-9-21-18/h2-10H,11-14H2,1H3,(H,23,26). The monoisotopic (exact) mass is 347 g/mol. The minimum Gasteiger partial charge on any atom is -0.369 e. The first-order chi connectivity index (χ1) is 12.7. The third kappa shape index (κ3) is 3.36. The van der Waals surface area contributed by atoms with Crippen molar-refractivity contribution >= 4 is 28.3 Å². The lowest BCUT2D eigenvalue weighted by molar-refractivity contribution is 0.102. The number of anilines is 2. The summed E-state index contributed by atoms with van der Waals surface area (Å²) in [7, 11) is 2.15. The molecule has 0 spiro atoms. The van der Waals surface area contributed by atoms with Crippen LogP contribution in [0.4, 0.5) is 11.4 Å². The summed E-state index contributed by atoms with van der Waals surface area (Å²) in [4.78, 5) is 25.9. The highest BCUT2D eigenvalue weighted by Crippen LogP contribution is 2.21. The Bertz CT molecular complexity index is 912. The Morgan fingerprint density at radius 1 is 0.962 bits per heavy atom. The first-order valence-electron chi connectivity index (χ1n) is 8.75. The van der Waals surface area contributed by atoms with E-state index in [0.29, 0.717) is 16.6 Å². The predicted octanol–water partition coefficient (Wildman–Crippen LogP) is 2.63. The van der Waals surface area contributed by atoms with Crippen LogP contribution in [0.15, 0.2) is 54.9 Å². The maximum atomic E-state index is 12.7. The topological polar surface area (TPSA) is 61.4 Å². The Morgan fingerprint density at radius 3 is 2.46 bits per heavy atom. The number of likely N-dealkylation sites (N-methyl/N-ethyl adjacent to an activating group) is 1. The fourth-order valence-corrected chi connectivity index (χ4v) is 3.19. The van der Waals surface area contributed by atoms with Gasteiger partial charge in [-0.05, 0) is 43.4 Å². The molecule has 6 nitrogen and oxygen atoms in total. The summed E-state index contributed by atoms with van der Waals surface area (Å²) < 4.78 is 0. The zero-order chi connectivity index (χ0) is 17.9. The molecule has 0 unspecified atom stereocenters. The molecule has 0 bridgehead atoms. The minimum atomic E-state index is -0.177. The van der Waals surface area contributed by atoms with Crippen molar-refractivity contribution in [2.45, 2.75) is 0 Å². The van der Waals surface area contributed by atoms with Crippen molar-refractivity contribution in [3.05, 3.63) is 60.4 Å². The van der Waals surface area contributed by atoms with E-state index in [-0.39, 0.29) is 5.91 Å². The number of benzene rings is 2. The number of fused-ring (bicyclic) bond motifs is 1. The molecule has 3 aromatic rings. The second-order valence-electron chi connectivity index (χ2n) is 6.52. The summed E-state index contributed by atoms with van der Waals surface area (Å²) >= 11 is 0. The average molecular weight is 347 g/mol. The van der Waals surface area contributed by atoms with Crippen LogP contribution < -0.4 is 10.2 Å². The first kappa shape index (κ1) is 16.5. The number of amides is 1. The molecule has 1 fully saturated rings. The Labute approximate surface area is 152 Å². The molecule has 1 aliphatic heterocycles. The highest BCUT2D eigenvalue weighted by Gasteiger charge is 2.15. The molecule has 6 heteroatoms. The van der Waals surface area contributed by atoms with Gasteiger partial charge in [-0.3, -0.25) is 14.8 Å². The Hall–Kier alpha value is -2.99. The average Bonchev–Trinajstić information content (AvgIpc) is 2.69. The second-order valence-corrected chi connectivity index (χ2v) is 6.52. The summed E-state index contributed by atoms with van der Waals surface area (Å²) in [5.41, 5.74) is 3.81. The molecule has 1 aliphatic rings. The highest BCUT2D eigenvalue weighted by atomic mass is 16.1. The van der Waals surface area contributed by atoms with Crippen LogP contribution >= 0.6 is 0 Å². The molecule has 1 N–H and O–H groups in total. The summed E-state index contributed by atoms with van der Waals surface area (Å²) in [5.74, 6) is -0.177. The van der Waals surface area contributed by atoms with Gasteiger partial charge in [-0.1, -0.05) is 6.07 Å². The zero-order valence-electron chi connectivity index (χ0n) is 14.7.